The average molecular weight is 327 g/mol. The highest BCUT2D eigenvalue weighted by Gasteiger charge is 2.09. The number of fused-ring (bicyclic) bond motifs is 1. The summed E-state index contributed by atoms with van der Waals surface area (Å²) in [4.78, 5) is 11.1. The highest BCUT2D eigenvalue weighted by Crippen LogP contribution is 2.13. The van der Waals surface area contributed by atoms with Gasteiger partial charge in [-0.15, -0.1) is 0 Å². The normalized spacial score (nSPS) is 13.1. The van der Waals surface area contributed by atoms with Gasteiger partial charge in [0.05, 0.1) is 34.1 Å². The summed E-state index contributed by atoms with van der Waals surface area (Å²) in [5.74, 6) is -0.913. The molecule has 2 N–H and O–H groups in total. The molecule has 0 atom stereocenters. The van der Waals surface area contributed by atoms with E-state index in [1.807, 2.05) is 47.2 Å². The van der Waals surface area contributed by atoms with Gasteiger partial charge in [0.2, 0.25) is 0 Å². The van der Waals surface area contributed by atoms with Gasteiger partial charge < -0.3 is 8.64 Å². The van der Waals surface area contributed by atoms with E-state index in [4.69, 9.17) is 5.11 Å². The van der Waals surface area contributed by atoms with Gasteiger partial charge in [-0.25, -0.2) is 4.79 Å². The molecule has 0 aromatic heterocycles. The number of carboxylic acids is 1. The summed E-state index contributed by atoms with van der Waals surface area (Å²) in [6.45, 7) is 0. The molecule has 0 spiro atoms. The van der Waals surface area contributed by atoms with Crippen LogP contribution in [-0.2, 0) is 0 Å². The maximum absolute atomic E-state index is 11.1. The van der Waals surface area contributed by atoms with Crippen LogP contribution in [0, 0.1) is 0 Å². The van der Waals surface area contributed by atoms with Crippen LogP contribution in [0.3, 0.4) is 0 Å². The third-order valence-corrected chi connectivity index (χ3v) is 3.02. The maximum atomic E-state index is 11.1. The molecular formula is C12H10INO2. The molecule has 16 heavy (non-hydrogen) atoms. The van der Waals surface area contributed by atoms with Crippen molar-refractivity contribution >= 4 is 46.7 Å². The molecule has 1 aliphatic carbocycles. The first-order valence-corrected chi connectivity index (χ1v) is 5.91. The van der Waals surface area contributed by atoms with Crippen LogP contribution >= 0.6 is 22.9 Å². The van der Waals surface area contributed by atoms with Crippen molar-refractivity contribution < 1.29 is 9.90 Å². The molecular weight excluding hydrogens is 317 g/mol. The number of allylic oxidation sites excluding steroid dienone is 2. The van der Waals surface area contributed by atoms with Gasteiger partial charge >= 0.3 is 5.97 Å². The molecule has 0 saturated carbocycles. The quantitative estimate of drug-likeness (QED) is 0.642. The van der Waals surface area contributed by atoms with E-state index in [2.05, 4.69) is 9.61 Å². The third kappa shape index (κ3) is 2.11. The summed E-state index contributed by atoms with van der Waals surface area (Å²) in [7, 11) is 0. The van der Waals surface area contributed by atoms with Gasteiger partial charge in [0, 0.05) is 0 Å². The van der Waals surface area contributed by atoms with Crippen molar-refractivity contribution in [3.63, 3.8) is 0 Å². The number of halogens is 1. The van der Waals surface area contributed by atoms with Crippen LogP contribution in [0.15, 0.2) is 24.3 Å². The first-order chi connectivity index (χ1) is 7.72. The standard InChI is InChI=1S/C12H10INO2/c13-14-11-7-9-5-3-1-2-4-8(9)6-10(11)12(15)16/h1-2,4-7,14H,3H2,(H,15,16). The first-order valence-electron chi connectivity index (χ1n) is 4.83. The minimum Gasteiger partial charge on any atom is -0.478 e. The molecule has 0 unspecified atom stereocenters. The Morgan fingerprint density at radius 2 is 2.19 bits per heavy atom. The highest BCUT2D eigenvalue weighted by atomic mass is 127. The van der Waals surface area contributed by atoms with E-state index < -0.39 is 5.97 Å². The summed E-state index contributed by atoms with van der Waals surface area (Å²) in [5, 5.41) is 11.1. The molecule has 4 heteroatoms. The van der Waals surface area contributed by atoms with Crippen LogP contribution in [0.5, 0.6) is 0 Å². The molecule has 0 amide bonds. The second kappa shape index (κ2) is 4.69. The van der Waals surface area contributed by atoms with Crippen molar-refractivity contribution in [1.82, 2.24) is 0 Å². The Morgan fingerprint density at radius 3 is 2.88 bits per heavy atom. The summed E-state index contributed by atoms with van der Waals surface area (Å²) < 4.78 is 2.88. The van der Waals surface area contributed by atoms with Gasteiger partial charge in [0.15, 0.2) is 0 Å². The van der Waals surface area contributed by atoms with Crippen molar-refractivity contribution in [2.45, 2.75) is 6.42 Å². The average Bonchev–Trinajstić information content (AvgIpc) is 2.51. The number of nitrogens with one attached hydrogen (secondary N) is 1. The van der Waals surface area contributed by atoms with E-state index in [9.17, 15) is 4.79 Å². The highest BCUT2D eigenvalue weighted by molar-refractivity contribution is 14.1. The number of benzene rings is 1. The van der Waals surface area contributed by atoms with E-state index in [1.165, 1.54) is 0 Å². The Bertz CT molecular complexity index is 575. The molecule has 0 aliphatic heterocycles. The molecule has 0 heterocycles. The van der Waals surface area contributed by atoms with E-state index >= 15 is 0 Å². The lowest BCUT2D eigenvalue weighted by Crippen LogP contribution is -2.26. The lowest BCUT2D eigenvalue weighted by molar-refractivity contribution is 0.0698. The molecule has 0 saturated heterocycles. The van der Waals surface area contributed by atoms with Crippen LogP contribution < -0.4 is 14.0 Å². The Kier molecular flexibility index (Phi) is 3.28. The van der Waals surface area contributed by atoms with Gasteiger partial charge in [-0.1, -0.05) is 24.3 Å². The van der Waals surface area contributed by atoms with Crippen LogP contribution in [-0.4, -0.2) is 11.1 Å². The Balaban J connectivity index is 2.76. The number of hydrogen-bond donors (Lipinski definition) is 2. The molecule has 3 nitrogen and oxygen atoms in total. The van der Waals surface area contributed by atoms with E-state index in [-0.39, 0.29) is 0 Å². The molecule has 1 aliphatic rings. The van der Waals surface area contributed by atoms with Crippen molar-refractivity contribution in [3.8, 4) is 0 Å². The van der Waals surface area contributed by atoms with Crippen molar-refractivity contribution in [1.29, 1.82) is 0 Å². The lowest BCUT2D eigenvalue weighted by Gasteiger charge is -2.04. The van der Waals surface area contributed by atoms with Crippen molar-refractivity contribution in [2.75, 3.05) is 3.53 Å². The third-order valence-electron chi connectivity index (χ3n) is 2.44. The minimum absolute atomic E-state index is 0.299. The molecule has 1 aromatic carbocycles. The number of hydrogen-bond acceptors (Lipinski definition) is 2. The van der Waals surface area contributed by atoms with E-state index in [1.54, 1.807) is 6.07 Å². The Morgan fingerprint density at radius 1 is 1.38 bits per heavy atom. The molecule has 0 fully saturated rings. The number of aromatic carboxylic acids is 1. The van der Waals surface area contributed by atoms with Gasteiger partial charge in [-0.05, 0) is 29.0 Å². The van der Waals surface area contributed by atoms with Gasteiger partial charge in [-0.3, -0.25) is 0 Å². The van der Waals surface area contributed by atoms with Crippen molar-refractivity contribution in [3.05, 3.63) is 40.3 Å². The maximum Gasteiger partial charge on any atom is 0.337 e. The summed E-state index contributed by atoms with van der Waals surface area (Å²) >= 11 is 1.94. The second-order valence-corrected chi connectivity index (χ2v) is 4.00. The fourth-order valence-corrected chi connectivity index (χ4v) is 2.10. The molecule has 0 bridgehead atoms. The summed E-state index contributed by atoms with van der Waals surface area (Å²) in [5.41, 5.74) is 0.937. The van der Waals surface area contributed by atoms with Crippen LogP contribution in [0.4, 0.5) is 5.69 Å². The fraction of sp³-hybridized carbons (Fsp3) is 0.0833. The van der Waals surface area contributed by atoms with Crippen molar-refractivity contribution in [2.24, 2.45) is 0 Å². The predicted octanol–water partition coefficient (Wildman–Crippen LogP) is 1.67. The predicted molar refractivity (Wildman–Crippen MR) is 73.0 cm³/mol. The summed E-state index contributed by atoms with van der Waals surface area (Å²) in [6.07, 6.45) is 8.88. The number of rotatable bonds is 2. The Hall–Kier alpha value is -1.30. The first kappa shape index (κ1) is 11.2. The zero-order valence-corrected chi connectivity index (χ0v) is 10.6. The number of carboxylic acid groups (broad SMARTS) is 1. The second-order valence-electron chi connectivity index (χ2n) is 3.46. The molecule has 82 valence electrons. The SMILES string of the molecule is O=C(O)c1cc2c(cc1NI)=CCC=CC=2. The zero-order valence-electron chi connectivity index (χ0n) is 8.40. The molecule has 1 aromatic rings. The van der Waals surface area contributed by atoms with Gasteiger partial charge in [0.25, 0.3) is 0 Å². The van der Waals surface area contributed by atoms with Crippen LogP contribution in [0.1, 0.15) is 16.8 Å². The lowest BCUT2D eigenvalue weighted by atomic mass is 10.1. The van der Waals surface area contributed by atoms with Gasteiger partial charge in [0.1, 0.15) is 0 Å². The zero-order chi connectivity index (χ0) is 11.5. The largest absolute Gasteiger partial charge is 0.478 e. The monoisotopic (exact) mass is 327 g/mol. The smallest absolute Gasteiger partial charge is 0.337 e. The number of anilines is 1. The van der Waals surface area contributed by atoms with Gasteiger partial charge in [-0.2, -0.15) is 0 Å². The molecule has 2 rings (SSSR count). The topological polar surface area (TPSA) is 49.3 Å². The minimum atomic E-state index is -0.913. The fourth-order valence-electron chi connectivity index (χ4n) is 1.65. The van der Waals surface area contributed by atoms with Crippen LogP contribution in [0.25, 0.3) is 12.2 Å². The van der Waals surface area contributed by atoms with E-state index in [0.29, 0.717) is 11.3 Å². The van der Waals surface area contributed by atoms with Crippen LogP contribution in [0.2, 0.25) is 0 Å². The number of carbonyl (C=O) groups is 1. The summed E-state index contributed by atoms with van der Waals surface area (Å²) in [6, 6.07) is 3.57. The molecule has 0 radical (unpaired) electrons. The van der Waals surface area contributed by atoms with E-state index in [0.717, 1.165) is 16.9 Å². The Labute approximate surface area is 107 Å².